The van der Waals surface area contributed by atoms with Crippen LogP contribution in [0, 0.1) is 0 Å². The summed E-state index contributed by atoms with van der Waals surface area (Å²) in [6.07, 6.45) is 0. The molecule has 4 nitrogen and oxygen atoms in total. The van der Waals surface area contributed by atoms with Crippen LogP contribution in [0.5, 0.6) is 11.5 Å². The van der Waals surface area contributed by atoms with Gasteiger partial charge in [-0.25, -0.2) is 0 Å². The minimum atomic E-state index is 0.327. The number of hydrogen-bond donors (Lipinski definition) is 1. The summed E-state index contributed by atoms with van der Waals surface area (Å²) in [6.45, 7) is 3.57. The van der Waals surface area contributed by atoms with Crippen LogP contribution in [0.3, 0.4) is 0 Å². The zero-order valence-electron chi connectivity index (χ0n) is 10.9. The van der Waals surface area contributed by atoms with E-state index >= 15 is 0 Å². The molecule has 0 aromatic heterocycles. The maximum absolute atomic E-state index is 5.25. The van der Waals surface area contributed by atoms with Gasteiger partial charge in [0.1, 0.15) is 0 Å². The molecule has 1 aromatic rings. The van der Waals surface area contributed by atoms with Crippen molar-refractivity contribution in [1.82, 2.24) is 5.32 Å². The SMILES string of the molecule is COCC(C)NCc1ccc(OC)c(OC)c1. The van der Waals surface area contributed by atoms with Crippen LogP contribution in [0.1, 0.15) is 12.5 Å². The summed E-state index contributed by atoms with van der Waals surface area (Å²) in [5.74, 6) is 1.51. The van der Waals surface area contributed by atoms with Crippen molar-refractivity contribution in [3.8, 4) is 11.5 Å². The maximum Gasteiger partial charge on any atom is 0.161 e. The summed E-state index contributed by atoms with van der Waals surface area (Å²) >= 11 is 0. The summed E-state index contributed by atoms with van der Waals surface area (Å²) in [7, 11) is 4.98. The van der Waals surface area contributed by atoms with Crippen molar-refractivity contribution in [1.29, 1.82) is 0 Å². The van der Waals surface area contributed by atoms with Crippen molar-refractivity contribution in [3.05, 3.63) is 23.8 Å². The molecule has 17 heavy (non-hydrogen) atoms. The van der Waals surface area contributed by atoms with Gasteiger partial charge < -0.3 is 19.5 Å². The van der Waals surface area contributed by atoms with E-state index in [1.54, 1.807) is 21.3 Å². The van der Waals surface area contributed by atoms with Gasteiger partial charge in [-0.2, -0.15) is 0 Å². The Morgan fingerprint density at radius 2 is 1.82 bits per heavy atom. The average Bonchev–Trinajstić information content (AvgIpc) is 2.36. The molecular weight excluding hydrogens is 218 g/mol. The fraction of sp³-hybridized carbons (Fsp3) is 0.538. The fourth-order valence-corrected chi connectivity index (χ4v) is 1.59. The predicted octanol–water partition coefficient (Wildman–Crippen LogP) is 1.83. The van der Waals surface area contributed by atoms with Gasteiger partial charge in [-0.05, 0) is 24.6 Å². The van der Waals surface area contributed by atoms with E-state index in [1.807, 2.05) is 18.2 Å². The third-order valence-electron chi connectivity index (χ3n) is 2.52. The lowest BCUT2D eigenvalue weighted by molar-refractivity contribution is 0.171. The lowest BCUT2D eigenvalue weighted by atomic mass is 10.2. The van der Waals surface area contributed by atoms with Gasteiger partial charge in [0, 0.05) is 19.7 Å². The first kappa shape index (κ1) is 13.8. The van der Waals surface area contributed by atoms with E-state index in [1.165, 1.54) is 0 Å². The second-order valence-electron chi connectivity index (χ2n) is 3.93. The molecule has 0 saturated carbocycles. The van der Waals surface area contributed by atoms with Gasteiger partial charge in [0.25, 0.3) is 0 Å². The van der Waals surface area contributed by atoms with Gasteiger partial charge in [0.15, 0.2) is 11.5 Å². The molecule has 96 valence electrons. The van der Waals surface area contributed by atoms with Crippen LogP contribution in [-0.2, 0) is 11.3 Å². The first-order valence-corrected chi connectivity index (χ1v) is 5.64. The highest BCUT2D eigenvalue weighted by Crippen LogP contribution is 2.27. The van der Waals surface area contributed by atoms with Crippen LogP contribution in [0.2, 0.25) is 0 Å². The van der Waals surface area contributed by atoms with Crippen LogP contribution in [0.25, 0.3) is 0 Å². The highest BCUT2D eigenvalue weighted by Gasteiger charge is 2.05. The molecule has 0 radical (unpaired) electrons. The van der Waals surface area contributed by atoms with Crippen molar-refractivity contribution in [2.24, 2.45) is 0 Å². The van der Waals surface area contributed by atoms with Crippen molar-refractivity contribution in [3.63, 3.8) is 0 Å². The number of nitrogens with one attached hydrogen (secondary N) is 1. The Hall–Kier alpha value is -1.26. The van der Waals surface area contributed by atoms with Crippen LogP contribution in [0.4, 0.5) is 0 Å². The van der Waals surface area contributed by atoms with E-state index in [9.17, 15) is 0 Å². The smallest absolute Gasteiger partial charge is 0.161 e. The van der Waals surface area contributed by atoms with E-state index in [-0.39, 0.29) is 0 Å². The Kier molecular flexibility index (Phi) is 5.80. The van der Waals surface area contributed by atoms with Crippen molar-refractivity contribution < 1.29 is 14.2 Å². The van der Waals surface area contributed by atoms with Gasteiger partial charge in [-0.3, -0.25) is 0 Å². The number of methoxy groups -OCH3 is 3. The Morgan fingerprint density at radius 3 is 2.41 bits per heavy atom. The van der Waals surface area contributed by atoms with Crippen molar-refractivity contribution in [2.45, 2.75) is 19.5 Å². The summed E-state index contributed by atoms with van der Waals surface area (Å²) in [5.41, 5.74) is 1.16. The first-order valence-electron chi connectivity index (χ1n) is 5.64. The largest absolute Gasteiger partial charge is 0.493 e. The molecule has 0 heterocycles. The van der Waals surface area contributed by atoms with E-state index in [0.717, 1.165) is 23.6 Å². The van der Waals surface area contributed by atoms with Gasteiger partial charge in [0.05, 0.1) is 20.8 Å². The third kappa shape index (κ3) is 4.24. The summed E-state index contributed by atoms with van der Waals surface area (Å²) < 4.78 is 15.5. The molecule has 0 aliphatic carbocycles. The van der Waals surface area contributed by atoms with Gasteiger partial charge >= 0.3 is 0 Å². The van der Waals surface area contributed by atoms with Gasteiger partial charge in [-0.15, -0.1) is 0 Å². The third-order valence-corrected chi connectivity index (χ3v) is 2.52. The second-order valence-corrected chi connectivity index (χ2v) is 3.93. The van der Waals surface area contributed by atoms with Crippen LogP contribution >= 0.6 is 0 Å². The minimum Gasteiger partial charge on any atom is -0.493 e. The Bertz CT molecular complexity index is 341. The zero-order chi connectivity index (χ0) is 12.7. The normalized spacial score (nSPS) is 12.2. The standard InChI is InChI=1S/C13H21NO3/c1-10(9-15-2)14-8-11-5-6-12(16-3)13(7-11)17-4/h5-7,10,14H,8-9H2,1-4H3. The summed E-state index contributed by atoms with van der Waals surface area (Å²) in [6, 6.07) is 6.24. The molecular formula is C13H21NO3. The van der Waals surface area contributed by atoms with Crippen LogP contribution in [-0.4, -0.2) is 34.0 Å². The van der Waals surface area contributed by atoms with Crippen molar-refractivity contribution >= 4 is 0 Å². The topological polar surface area (TPSA) is 39.7 Å². The molecule has 1 rings (SSSR count). The minimum absolute atomic E-state index is 0.327. The van der Waals surface area contributed by atoms with Crippen LogP contribution < -0.4 is 14.8 Å². The molecule has 0 spiro atoms. The molecule has 1 atom stereocenters. The average molecular weight is 239 g/mol. The molecule has 1 aromatic carbocycles. The Morgan fingerprint density at radius 1 is 1.12 bits per heavy atom. The molecule has 0 bridgehead atoms. The maximum atomic E-state index is 5.25. The van der Waals surface area contributed by atoms with Gasteiger partial charge in [0.2, 0.25) is 0 Å². The molecule has 0 aliphatic heterocycles. The molecule has 0 saturated heterocycles. The molecule has 1 unspecified atom stereocenters. The fourth-order valence-electron chi connectivity index (χ4n) is 1.59. The van der Waals surface area contributed by atoms with E-state index in [4.69, 9.17) is 14.2 Å². The van der Waals surface area contributed by atoms with Crippen molar-refractivity contribution in [2.75, 3.05) is 27.9 Å². The summed E-state index contributed by atoms with van der Waals surface area (Å²) in [4.78, 5) is 0. The molecule has 4 heteroatoms. The zero-order valence-corrected chi connectivity index (χ0v) is 10.9. The van der Waals surface area contributed by atoms with E-state index in [0.29, 0.717) is 12.6 Å². The molecule has 0 amide bonds. The Labute approximate surface area is 103 Å². The second kappa shape index (κ2) is 7.14. The quantitative estimate of drug-likeness (QED) is 0.788. The van der Waals surface area contributed by atoms with E-state index in [2.05, 4.69) is 12.2 Å². The highest BCUT2D eigenvalue weighted by molar-refractivity contribution is 5.42. The monoisotopic (exact) mass is 239 g/mol. The lowest BCUT2D eigenvalue weighted by Crippen LogP contribution is -2.29. The van der Waals surface area contributed by atoms with Gasteiger partial charge in [-0.1, -0.05) is 6.07 Å². The number of hydrogen-bond acceptors (Lipinski definition) is 4. The van der Waals surface area contributed by atoms with Crippen LogP contribution in [0.15, 0.2) is 18.2 Å². The number of rotatable bonds is 7. The lowest BCUT2D eigenvalue weighted by Gasteiger charge is -2.14. The number of ether oxygens (including phenoxy) is 3. The van der Waals surface area contributed by atoms with E-state index < -0.39 is 0 Å². The molecule has 0 aliphatic rings. The first-order chi connectivity index (χ1) is 8.21. The molecule has 0 fully saturated rings. The highest BCUT2D eigenvalue weighted by atomic mass is 16.5. The number of benzene rings is 1. The molecule has 1 N–H and O–H groups in total. The Balaban J connectivity index is 2.60. The predicted molar refractivity (Wildman–Crippen MR) is 67.7 cm³/mol. The summed E-state index contributed by atoms with van der Waals surface area (Å²) in [5, 5.41) is 3.37.